The van der Waals surface area contributed by atoms with Crippen molar-refractivity contribution in [2.75, 3.05) is 12.3 Å². The first kappa shape index (κ1) is 12.7. The summed E-state index contributed by atoms with van der Waals surface area (Å²) in [5, 5.41) is 3.73. The number of carbonyl (C=O) groups excluding carboxylic acids is 1. The van der Waals surface area contributed by atoms with Crippen LogP contribution >= 0.6 is 23.4 Å². The SMILES string of the molecule is O=C(NCC1CCCCS1)c1cccnc1Cl. The van der Waals surface area contributed by atoms with Gasteiger partial charge in [0.05, 0.1) is 5.56 Å². The van der Waals surface area contributed by atoms with Crippen LogP contribution in [0.3, 0.4) is 0 Å². The molecular weight excluding hydrogens is 256 g/mol. The van der Waals surface area contributed by atoms with E-state index in [2.05, 4.69) is 10.3 Å². The first-order valence-corrected chi connectivity index (χ1v) is 7.20. The first-order chi connectivity index (χ1) is 8.27. The molecule has 92 valence electrons. The molecule has 0 radical (unpaired) electrons. The van der Waals surface area contributed by atoms with Crippen molar-refractivity contribution in [2.45, 2.75) is 24.5 Å². The molecule has 0 bridgehead atoms. The van der Waals surface area contributed by atoms with Gasteiger partial charge in [0.1, 0.15) is 5.15 Å². The van der Waals surface area contributed by atoms with E-state index in [1.807, 2.05) is 11.8 Å². The highest BCUT2D eigenvalue weighted by Crippen LogP contribution is 2.24. The van der Waals surface area contributed by atoms with Crippen LogP contribution in [-0.2, 0) is 0 Å². The van der Waals surface area contributed by atoms with Gasteiger partial charge < -0.3 is 5.32 Å². The Morgan fingerprint density at radius 1 is 1.59 bits per heavy atom. The number of thioether (sulfide) groups is 1. The molecule has 1 unspecified atom stereocenters. The van der Waals surface area contributed by atoms with E-state index in [0.29, 0.717) is 17.4 Å². The summed E-state index contributed by atoms with van der Waals surface area (Å²) in [6.07, 6.45) is 5.33. The number of nitrogens with zero attached hydrogens (tertiary/aromatic N) is 1. The van der Waals surface area contributed by atoms with E-state index in [9.17, 15) is 4.79 Å². The van der Waals surface area contributed by atoms with E-state index < -0.39 is 0 Å². The van der Waals surface area contributed by atoms with Gasteiger partial charge in [0.25, 0.3) is 5.91 Å². The number of halogens is 1. The molecule has 0 aromatic carbocycles. The number of pyridine rings is 1. The van der Waals surface area contributed by atoms with Gasteiger partial charge in [-0.25, -0.2) is 4.98 Å². The van der Waals surface area contributed by atoms with Crippen molar-refractivity contribution in [1.82, 2.24) is 10.3 Å². The van der Waals surface area contributed by atoms with Crippen LogP contribution in [0, 0.1) is 0 Å². The summed E-state index contributed by atoms with van der Waals surface area (Å²) in [5.41, 5.74) is 0.454. The lowest BCUT2D eigenvalue weighted by Gasteiger charge is -2.21. The molecule has 17 heavy (non-hydrogen) atoms. The summed E-state index contributed by atoms with van der Waals surface area (Å²) in [5.74, 6) is 1.07. The van der Waals surface area contributed by atoms with Gasteiger partial charge in [0.15, 0.2) is 0 Å². The second-order valence-corrected chi connectivity index (χ2v) is 5.81. The maximum Gasteiger partial charge on any atom is 0.254 e. The third kappa shape index (κ3) is 3.61. The molecule has 1 aliphatic rings. The minimum atomic E-state index is -0.130. The Hall–Kier alpha value is -0.740. The molecule has 1 N–H and O–H groups in total. The minimum absolute atomic E-state index is 0.130. The highest BCUT2D eigenvalue weighted by molar-refractivity contribution is 7.99. The van der Waals surface area contributed by atoms with Crippen LogP contribution in [-0.4, -0.2) is 28.4 Å². The number of rotatable bonds is 3. The Balaban J connectivity index is 1.87. The minimum Gasteiger partial charge on any atom is -0.351 e. The van der Waals surface area contributed by atoms with E-state index in [4.69, 9.17) is 11.6 Å². The molecule has 0 aliphatic carbocycles. The molecule has 2 heterocycles. The molecule has 3 nitrogen and oxygen atoms in total. The van der Waals surface area contributed by atoms with Gasteiger partial charge in [0.2, 0.25) is 0 Å². The second kappa shape index (κ2) is 6.26. The largest absolute Gasteiger partial charge is 0.351 e. The Morgan fingerprint density at radius 3 is 3.18 bits per heavy atom. The number of aromatic nitrogens is 1. The Bertz CT molecular complexity index is 394. The molecule has 1 saturated heterocycles. The molecular formula is C12H15ClN2OS. The summed E-state index contributed by atoms with van der Waals surface area (Å²) < 4.78 is 0. The summed E-state index contributed by atoms with van der Waals surface area (Å²) in [7, 11) is 0. The van der Waals surface area contributed by atoms with Gasteiger partial charge in [-0.05, 0) is 30.7 Å². The van der Waals surface area contributed by atoms with Crippen LogP contribution in [0.4, 0.5) is 0 Å². The predicted molar refractivity (Wildman–Crippen MR) is 71.7 cm³/mol. The fraction of sp³-hybridized carbons (Fsp3) is 0.500. The normalized spacial score (nSPS) is 19.9. The third-order valence-corrected chi connectivity index (χ3v) is 4.47. The van der Waals surface area contributed by atoms with Crippen LogP contribution in [0.15, 0.2) is 18.3 Å². The fourth-order valence-electron chi connectivity index (χ4n) is 1.83. The number of carbonyl (C=O) groups is 1. The lowest BCUT2D eigenvalue weighted by molar-refractivity contribution is 0.0953. The molecule has 2 rings (SSSR count). The summed E-state index contributed by atoms with van der Waals surface area (Å²) in [6.45, 7) is 0.717. The van der Waals surface area contributed by atoms with Crippen molar-refractivity contribution >= 4 is 29.3 Å². The van der Waals surface area contributed by atoms with Crippen molar-refractivity contribution in [3.8, 4) is 0 Å². The van der Waals surface area contributed by atoms with Crippen LogP contribution in [0.25, 0.3) is 0 Å². The zero-order valence-corrected chi connectivity index (χ0v) is 11.1. The topological polar surface area (TPSA) is 42.0 Å². The number of amides is 1. The van der Waals surface area contributed by atoms with Crippen LogP contribution in [0.5, 0.6) is 0 Å². The lowest BCUT2D eigenvalue weighted by atomic mass is 10.2. The number of hydrogen-bond acceptors (Lipinski definition) is 3. The Labute approximate surface area is 110 Å². The van der Waals surface area contributed by atoms with Crippen LogP contribution in [0.2, 0.25) is 5.15 Å². The summed E-state index contributed by atoms with van der Waals surface area (Å²) >= 11 is 7.80. The summed E-state index contributed by atoms with van der Waals surface area (Å²) in [6, 6.07) is 3.41. The standard InChI is InChI=1S/C12H15ClN2OS/c13-11-10(5-3-6-14-11)12(16)15-8-9-4-1-2-7-17-9/h3,5-6,9H,1-2,4,7-8H2,(H,15,16). The molecule has 1 amide bonds. The molecule has 1 aromatic rings. The van der Waals surface area contributed by atoms with Gasteiger partial charge in [-0.15, -0.1) is 0 Å². The van der Waals surface area contributed by atoms with E-state index in [0.717, 1.165) is 0 Å². The number of hydrogen-bond donors (Lipinski definition) is 1. The van der Waals surface area contributed by atoms with E-state index >= 15 is 0 Å². The molecule has 1 fully saturated rings. The van der Waals surface area contributed by atoms with Gasteiger partial charge in [-0.2, -0.15) is 11.8 Å². The van der Waals surface area contributed by atoms with Crippen LogP contribution < -0.4 is 5.32 Å². The fourth-order valence-corrected chi connectivity index (χ4v) is 3.27. The molecule has 5 heteroatoms. The van der Waals surface area contributed by atoms with Crippen molar-refractivity contribution < 1.29 is 4.79 Å². The van der Waals surface area contributed by atoms with Gasteiger partial charge in [-0.3, -0.25) is 4.79 Å². The quantitative estimate of drug-likeness (QED) is 0.859. The van der Waals surface area contributed by atoms with Gasteiger partial charge in [-0.1, -0.05) is 18.0 Å². The van der Waals surface area contributed by atoms with Crippen molar-refractivity contribution in [1.29, 1.82) is 0 Å². The van der Waals surface area contributed by atoms with E-state index in [1.54, 1.807) is 18.3 Å². The Morgan fingerprint density at radius 2 is 2.47 bits per heavy atom. The van der Waals surface area contributed by atoms with Crippen molar-refractivity contribution in [3.63, 3.8) is 0 Å². The molecule has 1 aromatic heterocycles. The zero-order chi connectivity index (χ0) is 12.1. The van der Waals surface area contributed by atoms with Crippen LogP contribution in [0.1, 0.15) is 29.6 Å². The Kier molecular flexibility index (Phi) is 4.68. The molecule has 0 saturated carbocycles. The average molecular weight is 271 g/mol. The highest BCUT2D eigenvalue weighted by Gasteiger charge is 2.16. The average Bonchev–Trinajstić information content (AvgIpc) is 2.38. The first-order valence-electron chi connectivity index (χ1n) is 5.77. The zero-order valence-electron chi connectivity index (χ0n) is 9.49. The van der Waals surface area contributed by atoms with Gasteiger partial charge in [0, 0.05) is 18.0 Å². The highest BCUT2D eigenvalue weighted by atomic mass is 35.5. The smallest absolute Gasteiger partial charge is 0.254 e. The maximum atomic E-state index is 11.9. The summed E-state index contributed by atoms with van der Waals surface area (Å²) in [4.78, 5) is 15.8. The van der Waals surface area contributed by atoms with Gasteiger partial charge >= 0.3 is 0 Å². The van der Waals surface area contributed by atoms with Crippen molar-refractivity contribution in [3.05, 3.63) is 29.0 Å². The molecule has 1 aliphatic heterocycles. The maximum absolute atomic E-state index is 11.9. The lowest BCUT2D eigenvalue weighted by Crippen LogP contribution is -2.32. The molecule has 0 spiro atoms. The second-order valence-electron chi connectivity index (χ2n) is 4.04. The number of nitrogens with one attached hydrogen (secondary N) is 1. The predicted octanol–water partition coefficient (Wildman–Crippen LogP) is 2.75. The van der Waals surface area contributed by atoms with E-state index in [1.165, 1.54) is 25.0 Å². The third-order valence-electron chi connectivity index (χ3n) is 2.77. The monoisotopic (exact) mass is 270 g/mol. The van der Waals surface area contributed by atoms with Crippen molar-refractivity contribution in [2.24, 2.45) is 0 Å². The van der Waals surface area contributed by atoms with E-state index in [-0.39, 0.29) is 11.1 Å². The molecule has 1 atom stereocenters.